The summed E-state index contributed by atoms with van der Waals surface area (Å²) < 4.78 is 38.9. The number of halogens is 2. The average molecular weight is 266 g/mol. The SMILES string of the molecule is C=C1C=C(C)c2cc(F)c(OC(C)(C)C)c(F)c2O1. The monoisotopic (exact) mass is 266 g/mol. The van der Waals surface area contributed by atoms with Crippen LogP contribution in [-0.4, -0.2) is 5.60 Å². The van der Waals surface area contributed by atoms with Crippen molar-refractivity contribution in [3.05, 3.63) is 41.7 Å². The second-order valence-corrected chi connectivity index (χ2v) is 5.49. The molecule has 19 heavy (non-hydrogen) atoms. The molecule has 0 radical (unpaired) electrons. The molecule has 1 aromatic rings. The van der Waals surface area contributed by atoms with Gasteiger partial charge >= 0.3 is 0 Å². The van der Waals surface area contributed by atoms with Gasteiger partial charge in [-0.1, -0.05) is 6.58 Å². The van der Waals surface area contributed by atoms with Gasteiger partial charge in [-0.05, 0) is 45.4 Å². The summed E-state index contributed by atoms with van der Waals surface area (Å²) in [5.41, 5.74) is 0.377. The molecule has 0 atom stereocenters. The smallest absolute Gasteiger partial charge is 0.211 e. The van der Waals surface area contributed by atoms with Crippen molar-refractivity contribution in [2.75, 3.05) is 0 Å². The lowest BCUT2D eigenvalue weighted by molar-refractivity contribution is 0.116. The molecule has 0 N–H and O–H groups in total. The van der Waals surface area contributed by atoms with E-state index in [0.717, 1.165) is 0 Å². The molecule has 0 amide bonds. The predicted molar refractivity (Wildman–Crippen MR) is 70.2 cm³/mol. The largest absolute Gasteiger partial charge is 0.482 e. The number of rotatable bonds is 1. The van der Waals surface area contributed by atoms with Crippen molar-refractivity contribution in [1.29, 1.82) is 0 Å². The predicted octanol–water partition coefficient (Wildman–Crippen LogP) is 4.45. The van der Waals surface area contributed by atoms with E-state index < -0.39 is 23.0 Å². The summed E-state index contributed by atoms with van der Waals surface area (Å²) in [6, 6.07) is 1.22. The molecule has 0 fully saturated rings. The van der Waals surface area contributed by atoms with Crippen molar-refractivity contribution in [2.24, 2.45) is 0 Å². The van der Waals surface area contributed by atoms with Crippen molar-refractivity contribution in [2.45, 2.75) is 33.3 Å². The maximum atomic E-state index is 14.3. The molecule has 102 valence electrons. The second kappa shape index (κ2) is 4.37. The minimum atomic E-state index is -0.835. The average Bonchev–Trinajstić information content (AvgIpc) is 2.25. The molecule has 1 aromatic carbocycles. The van der Waals surface area contributed by atoms with E-state index in [4.69, 9.17) is 9.47 Å². The van der Waals surface area contributed by atoms with Crippen LogP contribution in [0.1, 0.15) is 33.3 Å². The maximum absolute atomic E-state index is 14.3. The van der Waals surface area contributed by atoms with Crippen LogP contribution in [-0.2, 0) is 0 Å². The van der Waals surface area contributed by atoms with Gasteiger partial charge in [0.1, 0.15) is 11.4 Å². The third-order valence-electron chi connectivity index (χ3n) is 2.58. The third-order valence-corrected chi connectivity index (χ3v) is 2.58. The van der Waals surface area contributed by atoms with E-state index >= 15 is 0 Å². The molecule has 0 spiro atoms. The third kappa shape index (κ3) is 2.62. The Labute approximate surface area is 111 Å². The Kier molecular flexibility index (Phi) is 3.12. The Morgan fingerprint density at radius 3 is 2.47 bits per heavy atom. The molecule has 1 heterocycles. The molecule has 0 saturated heterocycles. The molecule has 0 saturated carbocycles. The molecule has 2 rings (SSSR count). The molecule has 1 aliphatic rings. The summed E-state index contributed by atoms with van der Waals surface area (Å²) >= 11 is 0. The fourth-order valence-electron chi connectivity index (χ4n) is 1.86. The number of allylic oxidation sites excluding steroid dienone is 2. The zero-order valence-corrected chi connectivity index (χ0v) is 11.4. The first-order valence-corrected chi connectivity index (χ1v) is 5.95. The van der Waals surface area contributed by atoms with Crippen LogP contribution in [0.25, 0.3) is 5.57 Å². The summed E-state index contributed by atoms with van der Waals surface area (Å²) in [4.78, 5) is 0. The zero-order chi connectivity index (χ0) is 14.4. The molecular formula is C15H16F2O2. The first-order valence-electron chi connectivity index (χ1n) is 5.95. The highest BCUT2D eigenvalue weighted by Crippen LogP contribution is 2.41. The van der Waals surface area contributed by atoms with Crippen LogP contribution in [0.3, 0.4) is 0 Å². The van der Waals surface area contributed by atoms with Gasteiger partial charge in [0.05, 0.1) is 0 Å². The first-order chi connectivity index (χ1) is 8.69. The minimum Gasteiger partial charge on any atom is -0.482 e. The minimum absolute atomic E-state index is 0.0364. The Bertz CT molecular complexity index is 581. The Morgan fingerprint density at radius 1 is 1.26 bits per heavy atom. The Hall–Kier alpha value is -1.84. The van der Waals surface area contributed by atoms with Crippen LogP contribution in [0.4, 0.5) is 8.78 Å². The van der Waals surface area contributed by atoms with E-state index in [1.165, 1.54) is 6.07 Å². The summed E-state index contributed by atoms with van der Waals surface area (Å²) in [5.74, 6) is -1.72. The van der Waals surface area contributed by atoms with E-state index in [0.29, 0.717) is 16.9 Å². The fraction of sp³-hybridized carbons (Fsp3) is 0.333. The topological polar surface area (TPSA) is 18.5 Å². The summed E-state index contributed by atoms with van der Waals surface area (Å²) in [6.45, 7) is 10.5. The van der Waals surface area contributed by atoms with Crippen LogP contribution in [0.15, 0.2) is 24.5 Å². The standard InChI is InChI=1S/C15H16F2O2/c1-8-6-9(2)18-13-10(8)7-11(16)14(12(13)17)19-15(3,4)5/h6-7H,2H2,1,3-5H3. The molecule has 0 aliphatic carbocycles. The fourth-order valence-corrected chi connectivity index (χ4v) is 1.86. The van der Waals surface area contributed by atoms with Crippen LogP contribution in [0.2, 0.25) is 0 Å². The molecular weight excluding hydrogens is 250 g/mol. The van der Waals surface area contributed by atoms with Crippen LogP contribution < -0.4 is 9.47 Å². The molecule has 4 heteroatoms. The van der Waals surface area contributed by atoms with E-state index in [1.807, 2.05) is 0 Å². The summed E-state index contributed by atoms with van der Waals surface area (Å²) in [7, 11) is 0. The van der Waals surface area contributed by atoms with Gasteiger partial charge in [-0.2, -0.15) is 4.39 Å². The van der Waals surface area contributed by atoms with Crippen LogP contribution in [0.5, 0.6) is 11.5 Å². The van der Waals surface area contributed by atoms with Gasteiger partial charge in [0, 0.05) is 5.56 Å². The van der Waals surface area contributed by atoms with Gasteiger partial charge in [-0.15, -0.1) is 0 Å². The quantitative estimate of drug-likeness (QED) is 0.747. The highest BCUT2D eigenvalue weighted by Gasteiger charge is 2.27. The van der Waals surface area contributed by atoms with Crippen LogP contribution >= 0.6 is 0 Å². The van der Waals surface area contributed by atoms with Gasteiger partial charge in [-0.3, -0.25) is 0 Å². The summed E-state index contributed by atoms with van der Waals surface area (Å²) in [6.07, 6.45) is 1.63. The Morgan fingerprint density at radius 2 is 1.89 bits per heavy atom. The van der Waals surface area contributed by atoms with Crippen molar-refractivity contribution in [1.82, 2.24) is 0 Å². The van der Waals surface area contributed by atoms with E-state index in [-0.39, 0.29) is 5.75 Å². The normalized spacial score (nSPS) is 14.6. The van der Waals surface area contributed by atoms with E-state index in [9.17, 15) is 8.78 Å². The number of ether oxygens (including phenoxy) is 2. The maximum Gasteiger partial charge on any atom is 0.211 e. The molecule has 0 aromatic heterocycles. The van der Waals surface area contributed by atoms with Gasteiger partial charge in [0.25, 0.3) is 0 Å². The van der Waals surface area contributed by atoms with E-state index in [1.54, 1.807) is 33.8 Å². The lowest BCUT2D eigenvalue weighted by atomic mass is 10.0. The lowest BCUT2D eigenvalue weighted by Gasteiger charge is -2.25. The Balaban J connectivity index is 2.59. The first kappa shape index (κ1) is 13.6. The van der Waals surface area contributed by atoms with Gasteiger partial charge in [-0.25, -0.2) is 4.39 Å². The van der Waals surface area contributed by atoms with Crippen molar-refractivity contribution in [3.8, 4) is 11.5 Å². The molecule has 0 unspecified atom stereocenters. The molecule has 0 bridgehead atoms. The number of hydrogen-bond acceptors (Lipinski definition) is 2. The highest BCUT2D eigenvalue weighted by atomic mass is 19.1. The highest BCUT2D eigenvalue weighted by molar-refractivity contribution is 5.74. The zero-order valence-electron chi connectivity index (χ0n) is 11.4. The number of hydrogen-bond donors (Lipinski definition) is 0. The van der Waals surface area contributed by atoms with E-state index in [2.05, 4.69) is 6.58 Å². The van der Waals surface area contributed by atoms with Gasteiger partial charge in [0.2, 0.25) is 5.82 Å². The number of benzene rings is 1. The van der Waals surface area contributed by atoms with Gasteiger partial charge in [0.15, 0.2) is 17.3 Å². The van der Waals surface area contributed by atoms with Crippen molar-refractivity contribution >= 4 is 5.57 Å². The second-order valence-electron chi connectivity index (χ2n) is 5.49. The molecule has 1 aliphatic heterocycles. The van der Waals surface area contributed by atoms with Gasteiger partial charge < -0.3 is 9.47 Å². The van der Waals surface area contributed by atoms with Crippen molar-refractivity contribution in [3.63, 3.8) is 0 Å². The molecule has 2 nitrogen and oxygen atoms in total. The summed E-state index contributed by atoms with van der Waals surface area (Å²) in [5, 5.41) is 0. The number of fused-ring (bicyclic) bond motifs is 1. The lowest BCUT2D eigenvalue weighted by Crippen LogP contribution is -2.24. The van der Waals surface area contributed by atoms with Crippen molar-refractivity contribution < 1.29 is 18.3 Å². The van der Waals surface area contributed by atoms with Crippen LogP contribution in [0, 0.1) is 11.6 Å².